The number of methoxy groups -OCH3 is 1. The van der Waals surface area contributed by atoms with Crippen molar-refractivity contribution in [2.75, 3.05) is 20.2 Å². The fraction of sp³-hybridized carbons (Fsp3) is 0.333. The highest BCUT2D eigenvalue weighted by molar-refractivity contribution is 7.09. The van der Waals surface area contributed by atoms with Crippen molar-refractivity contribution in [1.82, 2.24) is 15.2 Å². The molecule has 7 heteroatoms. The van der Waals surface area contributed by atoms with E-state index in [1.807, 2.05) is 60.8 Å². The van der Waals surface area contributed by atoms with Crippen LogP contribution in [0.3, 0.4) is 0 Å². The van der Waals surface area contributed by atoms with Crippen LogP contribution >= 0.6 is 11.3 Å². The van der Waals surface area contributed by atoms with Crippen LogP contribution in [0.15, 0.2) is 60.0 Å². The smallest absolute Gasteiger partial charge is 0.244 e. The summed E-state index contributed by atoms with van der Waals surface area (Å²) in [5.41, 5.74) is 3.09. The molecule has 3 aromatic rings. The van der Waals surface area contributed by atoms with Crippen molar-refractivity contribution in [3.63, 3.8) is 0 Å². The van der Waals surface area contributed by atoms with Crippen molar-refractivity contribution in [1.29, 1.82) is 0 Å². The molecule has 178 valence electrons. The van der Waals surface area contributed by atoms with E-state index in [2.05, 4.69) is 21.3 Å². The maximum Gasteiger partial charge on any atom is 0.244 e. The lowest BCUT2D eigenvalue weighted by molar-refractivity contribution is -0.117. The van der Waals surface area contributed by atoms with Gasteiger partial charge in [-0.05, 0) is 49.6 Å². The molecule has 6 nitrogen and oxygen atoms in total. The molecule has 0 radical (unpaired) electrons. The van der Waals surface area contributed by atoms with Crippen LogP contribution in [-0.4, -0.2) is 42.0 Å². The molecule has 34 heavy (non-hydrogen) atoms. The molecule has 1 amide bonds. The summed E-state index contributed by atoms with van der Waals surface area (Å²) in [6.07, 6.45) is 5.33. The first-order valence-corrected chi connectivity index (χ1v) is 12.4. The van der Waals surface area contributed by atoms with Crippen LogP contribution in [0.4, 0.5) is 0 Å². The molecule has 1 aliphatic heterocycles. The van der Waals surface area contributed by atoms with Crippen LogP contribution in [0.25, 0.3) is 6.08 Å². The average molecular weight is 478 g/mol. The number of hydrogen-bond acceptors (Lipinski definition) is 6. The Hall–Kier alpha value is -3.16. The Morgan fingerprint density at radius 1 is 1.18 bits per heavy atom. The van der Waals surface area contributed by atoms with Crippen LogP contribution in [0, 0.1) is 6.92 Å². The zero-order valence-corrected chi connectivity index (χ0v) is 20.5. The third-order valence-corrected chi connectivity index (χ3v) is 6.70. The predicted octanol–water partition coefficient (Wildman–Crippen LogP) is 4.83. The van der Waals surface area contributed by atoms with Gasteiger partial charge in [-0.15, -0.1) is 11.3 Å². The number of rotatable bonds is 9. The van der Waals surface area contributed by atoms with E-state index in [1.54, 1.807) is 24.5 Å². The van der Waals surface area contributed by atoms with Crippen LogP contribution in [0.1, 0.15) is 34.7 Å². The van der Waals surface area contributed by atoms with E-state index in [1.165, 1.54) is 5.56 Å². The number of aryl methyl sites for hydroxylation is 1. The van der Waals surface area contributed by atoms with E-state index in [9.17, 15) is 4.79 Å². The molecule has 1 aliphatic rings. The van der Waals surface area contributed by atoms with Gasteiger partial charge in [0.1, 0.15) is 18.1 Å². The Bertz CT molecular complexity index is 1100. The normalized spacial score (nSPS) is 14.9. The fourth-order valence-electron chi connectivity index (χ4n) is 4.04. The molecule has 1 aromatic heterocycles. The lowest BCUT2D eigenvalue weighted by Gasteiger charge is -2.32. The summed E-state index contributed by atoms with van der Waals surface area (Å²) in [5.74, 6) is 1.66. The van der Waals surface area contributed by atoms with Crippen molar-refractivity contribution in [3.05, 3.63) is 81.8 Å². The second-order valence-electron chi connectivity index (χ2n) is 8.42. The van der Waals surface area contributed by atoms with E-state index in [-0.39, 0.29) is 11.9 Å². The van der Waals surface area contributed by atoms with Gasteiger partial charge in [0.15, 0.2) is 0 Å². The highest BCUT2D eigenvalue weighted by Crippen LogP contribution is 2.21. The van der Waals surface area contributed by atoms with Gasteiger partial charge in [-0.2, -0.15) is 0 Å². The second-order valence-corrected chi connectivity index (χ2v) is 9.48. The van der Waals surface area contributed by atoms with Gasteiger partial charge in [0, 0.05) is 42.7 Å². The van der Waals surface area contributed by atoms with E-state index in [0.29, 0.717) is 6.61 Å². The van der Waals surface area contributed by atoms with Gasteiger partial charge < -0.3 is 14.8 Å². The number of piperidine rings is 1. The summed E-state index contributed by atoms with van der Waals surface area (Å²) >= 11 is 1.62. The molecular formula is C27H31N3O3S. The quantitative estimate of drug-likeness (QED) is 0.447. The number of carbonyl (C=O) groups is 1. The highest BCUT2D eigenvalue weighted by Gasteiger charge is 2.20. The Balaban J connectivity index is 1.19. The highest BCUT2D eigenvalue weighted by atomic mass is 32.1. The minimum Gasteiger partial charge on any atom is -0.496 e. The van der Waals surface area contributed by atoms with Gasteiger partial charge in [-0.1, -0.05) is 30.3 Å². The molecule has 0 bridgehead atoms. The molecule has 0 aliphatic carbocycles. The minimum atomic E-state index is -0.0533. The number of benzene rings is 2. The largest absolute Gasteiger partial charge is 0.496 e. The second kappa shape index (κ2) is 11.8. The molecule has 1 saturated heterocycles. The standard InChI is InChI=1S/C27H31N3O3S/c1-20-28-24(19-34-20)18-33-25-10-7-21(8-11-25)9-12-27(31)29-23-13-15-30(16-14-23)17-22-5-3-4-6-26(22)32-2/h3-12,19,23H,13-18H2,1-2H3,(H,29,31). The third-order valence-electron chi connectivity index (χ3n) is 5.88. The summed E-state index contributed by atoms with van der Waals surface area (Å²) in [6.45, 7) is 5.22. The van der Waals surface area contributed by atoms with Gasteiger partial charge >= 0.3 is 0 Å². The van der Waals surface area contributed by atoms with E-state index < -0.39 is 0 Å². The van der Waals surface area contributed by atoms with E-state index in [4.69, 9.17) is 9.47 Å². The van der Waals surface area contributed by atoms with E-state index in [0.717, 1.165) is 60.2 Å². The number of amides is 1. The molecule has 4 rings (SSSR count). The Morgan fingerprint density at radius 3 is 2.65 bits per heavy atom. The summed E-state index contributed by atoms with van der Waals surface area (Å²) in [5, 5.41) is 6.19. The number of likely N-dealkylation sites (tertiary alicyclic amines) is 1. The number of hydrogen-bond donors (Lipinski definition) is 1. The zero-order valence-electron chi connectivity index (χ0n) is 19.7. The van der Waals surface area contributed by atoms with Gasteiger partial charge in [-0.3, -0.25) is 9.69 Å². The molecule has 1 N–H and O–H groups in total. The molecule has 0 atom stereocenters. The topological polar surface area (TPSA) is 63.7 Å². The minimum absolute atomic E-state index is 0.0533. The Labute approximate surface area is 205 Å². The van der Waals surface area contributed by atoms with Gasteiger partial charge in [0.2, 0.25) is 5.91 Å². The van der Waals surface area contributed by atoms with Gasteiger partial charge in [0.05, 0.1) is 17.8 Å². The van der Waals surface area contributed by atoms with Crippen molar-refractivity contribution in [3.8, 4) is 11.5 Å². The number of nitrogens with one attached hydrogen (secondary N) is 1. The summed E-state index contributed by atoms with van der Waals surface area (Å²) in [4.78, 5) is 19.2. The molecular weight excluding hydrogens is 446 g/mol. The first-order valence-electron chi connectivity index (χ1n) is 11.6. The Morgan fingerprint density at radius 2 is 1.94 bits per heavy atom. The number of thiazole rings is 1. The number of carbonyl (C=O) groups excluding carboxylic acids is 1. The maximum absolute atomic E-state index is 12.4. The fourth-order valence-corrected chi connectivity index (χ4v) is 4.64. The molecule has 1 fully saturated rings. The number of para-hydroxylation sites is 1. The molecule has 0 saturated carbocycles. The monoisotopic (exact) mass is 477 g/mol. The van der Waals surface area contributed by atoms with Crippen LogP contribution in [-0.2, 0) is 17.9 Å². The van der Waals surface area contributed by atoms with Crippen molar-refractivity contribution in [2.45, 2.75) is 39.0 Å². The molecule has 0 spiro atoms. The molecule has 2 aromatic carbocycles. The van der Waals surface area contributed by atoms with E-state index >= 15 is 0 Å². The van der Waals surface area contributed by atoms with Crippen LogP contribution in [0.5, 0.6) is 11.5 Å². The summed E-state index contributed by atoms with van der Waals surface area (Å²) in [7, 11) is 1.71. The van der Waals surface area contributed by atoms with Crippen molar-refractivity contribution < 1.29 is 14.3 Å². The molecule has 0 unspecified atom stereocenters. The zero-order chi connectivity index (χ0) is 23.8. The van der Waals surface area contributed by atoms with Crippen LogP contribution in [0.2, 0.25) is 0 Å². The summed E-state index contributed by atoms with van der Waals surface area (Å²) < 4.78 is 11.2. The first kappa shape index (κ1) is 24.0. The third kappa shape index (κ3) is 6.92. The lowest BCUT2D eigenvalue weighted by atomic mass is 10.0. The average Bonchev–Trinajstić information content (AvgIpc) is 3.28. The number of ether oxygens (including phenoxy) is 2. The number of aromatic nitrogens is 1. The van der Waals surface area contributed by atoms with Crippen molar-refractivity contribution >= 4 is 23.3 Å². The summed E-state index contributed by atoms with van der Waals surface area (Å²) in [6, 6.07) is 16.1. The SMILES string of the molecule is COc1ccccc1CN1CCC(NC(=O)C=Cc2ccc(OCc3csc(C)n3)cc2)CC1. The predicted molar refractivity (Wildman–Crippen MR) is 136 cm³/mol. The first-order chi connectivity index (χ1) is 16.6. The Kier molecular flexibility index (Phi) is 8.33. The number of nitrogens with zero attached hydrogens (tertiary/aromatic N) is 2. The molecule has 2 heterocycles. The van der Waals surface area contributed by atoms with Crippen LogP contribution < -0.4 is 14.8 Å². The van der Waals surface area contributed by atoms with Gasteiger partial charge in [0.25, 0.3) is 0 Å². The van der Waals surface area contributed by atoms with Gasteiger partial charge in [-0.25, -0.2) is 4.98 Å². The maximum atomic E-state index is 12.4. The van der Waals surface area contributed by atoms with Crippen molar-refractivity contribution in [2.24, 2.45) is 0 Å². The lowest BCUT2D eigenvalue weighted by Crippen LogP contribution is -2.43.